The SMILES string of the molecule is Cl.O=[N+]([O-])c1cccc(S(=O)(=O)N2CCN(Cc3ccco3)CC2)c1. The van der Waals surface area contributed by atoms with E-state index in [2.05, 4.69) is 4.90 Å². The van der Waals surface area contributed by atoms with E-state index in [1.165, 1.54) is 22.5 Å². The summed E-state index contributed by atoms with van der Waals surface area (Å²) in [6.45, 7) is 2.47. The van der Waals surface area contributed by atoms with Gasteiger partial charge in [0, 0.05) is 38.3 Å². The van der Waals surface area contributed by atoms with Crippen LogP contribution in [0.4, 0.5) is 5.69 Å². The zero-order valence-corrected chi connectivity index (χ0v) is 14.9. The molecule has 0 amide bonds. The average Bonchev–Trinajstić information content (AvgIpc) is 3.08. The third-order valence-electron chi connectivity index (χ3n) is 3.96. The van der Waals surface area contributed by atoms with E-state index in [9.17, 15) is 18.5 Å². The lowest BCUT2D eigenvalue weighted by molar-refractivity contribution is -0.385. The van der Waals surface area contributed by atoms with Crippen LogP contribution in [0.5, 0.6) is 0 Å². The first kappa shape index (κ1) is 19.4. The molecule has 25 heavy (non-hydrogen) atoms. The van der Waals surface area contributed by atoms with Crippen molar-refractivity contribution in [1.82, 2.24) is 9.21 Å². The second-order valence-corrected chi connectivity index (χ2v) is 7.45. The number of hydrogen-bond donors (Lipinski definition) is 0. The van der Waals surface area contributed by atoms with Crippen molar-refractivity contribution >= 4 is 28.1 Å². The fourth-order valence-corrected chi connectivity index (χ4v) is 4.12. The molecule has 1 aromatic heterocycles. The number of nitrogens with zero attached hydrogens (tertiary/aromatic N) is 3. The van der Waals surface area contributed by atoms with Gasteiger partial charge < -0.3 is 4.42 Å². The number of sulfonamides is 1. The summed E-state index contributed by atoms with van der Waals surface area (Å²) in [5, 5.41) is 10.8. The van der Waals surface area contributed by atoms with Crippen molar-refractivity contribution in [2.75, 3.05) is 26.2 Å². The Bertz CT molecular complexity index is 817. The molecule has 136 valence electrons. The maximum Gasteiger partial charge on any atom is 0.270 e. The van der Waals surface area contributed by atoms with E-state index in [4.69, 9.17) is 4.42 Å². The minimum atomic E-state index is -3.72. The quantitative estimate of drug-likeness (QED) is 0.575. The minimum absolute atomic E-state index is 0. The molecule has 0 aliphatic carbocycles. The third kappa shape index (κ3) is 4.37. The molecule has 0 atom stereocenters. The number of hydrogen-bond acceptors (Lipinski definition) is 6. The van der Waals surface area contributed by atoms with Gasteiger partial charge in [-0.15, -0.1) is 12.4 Å². The van der Waals surface area contributed by atoms with Crippen LogP contribution in [0.25, 0.3) is 0 Å². The normalized spacial score (nSPS) is 16.3. The van der Waals surface area contributed by atoms with Gasteiger partial charge in [-0.1, -0.05) is 6.07 Å². The number of benzene rings is 1. The standard InChI is InChI=1S/C15H17N3O5S.ClH/c19-18(20)13-3-1-5-15(11-13)24(21,22)17-8-6-16(7-9-17)12-14-4-2-10-23-14;/h1-5,10-11H,6-9,12H2;1H. The van der Waals surface area contributed by atoms with Crippen LogP contribution in [0.2, 0.25) is 0 Å². The summed E-state index contributed by atoms with van der Waals surface area (Å²) in [5.41, 5.74) is -0.229. The molecule has 0 bridgehead atoms. The van der Waals surface area contributed by atoms with E-state index in [0.717, 1.165) is 11.8 Å². The van der Waals surface area contributed by atoms with Gasteiger partial charge in [0.25, 0.3) is 5.69 Å². The molecule has 10 heteroatoms. The first-order valence-electron chi connectivity index (χ1n) is 7.46. The summed E-state index contributed by atoms with van der Waals surface area (Å²) in [5.74, 6) is 0.838. The molecule has 0 saturated carbocycles. The van der Waals surface area contributed by atoms with Gasteiger partial charge in [0.2, 0.25) is 10.0 Å². The van der Waals surface area contributed by atoms with E-state index >= 15 is 0 Å². The summed E-state index contributed by atoms with van der Waals surface area (Å²) >= 11 is 0. The number of furan rings is 1. The number of non-ortho nitro benzene ring substituents is 1. The van der Waals surface area contributed by atoms with Crippen LogP contribution in [0.3, 0.4) is 0 Å². The van der Waals surface area contributed by atoms with Crippen molar-refractivity contribution < 1.29 is 17.8 Å². The van der Waals surface area contributed by atoms with Gasteiger partial charge in [0.05, 0.1) is 22.6 Å². The number of nitro groups is 1. The van der Waals surface area contributed by atoms with Crippen molar-refractivity contribution in [1.29, 1.82) is 0 Å². The van der Waals surface area contributed by atoms with Crippen molar-refractivity contribution in [2.24, 2.45) is 0 Å². The lowest BCUT2D eigenvalue weighted by Gasteiger charge is -2.33. The Kier molecular flexibility index (Phi) is 6.17. The molecule has 2 heterocycles. The number of halogens is 1. The number of piperazine rings is 1. The first-order chi connectivity index (χ1) is 11.5. The zero-order chi connectivity index (χ0) is 17.2. The topological polar surface area (TPSA) is 96.9 Å². The van der Waals surface area contributed by atoms with Crippen LogP contribution < -0.4 is 0 Å². The maximum atomic E-state index is 12.7. The summed E-state index contributed by atoms with van der Waals surface area (Å²) in [6, 6.07) is 8.85. The molecule has 1 aromatic carbocycles. The van der Waals surface area contributed by atoms with Crippen LogP contribution >= 0.6 is 12.4 Å². The van der Waals surface area contributed by atoms with Gasteiger partial charge in [-0.05, 0) is 18.2 Å². The molecule has 3 rings (SSSR count). The summed E-state index contributed by atoms with van der Waals surface area (Å²) in [4.78, 5) is 12.3. The van der Waals surface area contributed by atoms with Crippen molar-refractivity contribution in [3.8, 4) is 0 Å². The Morgan fingerprint density at radius 2 is 1.84 bits per heavy atom. The molecular weight excluding hydrogens is 370 g/mol. The molecule has 1 saturated heterocycles. The second-order valence-electron chi connectivity index (χ2n) is 5.51. The Balaban J connectivity index is 0.00000225. The Hall–Kier alpha value is -1.94. The van der Waals surface area contributed by atoms with E-state index in [1.807, 2.05) is 12.1 Å². The van der Waals surface area contributed by atoms with Crippen LogP contribution in [0, 0.1) is 10.1 Å². The van der Waals surface area contributed by atoms with E-state index < -0.39 is 14.9 Å². The summed E-state index contributed by atoms with van der Waals surface area (Å²) < 4.78 is 32.0. The van der Waals surface area contributed by atoms with E-state index in [1.54, 1.807) is 6.26 Å². The van der Waals surface area contributed by atoms with Gasteiger partial charge in [-0.3, -0.25) is 15.0 Å². The molecule has 0 spiro atoms. The molecule has 1 fully saturated rings. The monoisotopic (exact) mass is 387 g/mol. The lowest BCUT2D eigenvalue weighted by atomic mass is 10.3. The second kappa shape index (κ2) is 7.96. The Morgan fingerprint density at radius 3 is 2.44 bits per heavy atom. The molecule has 0 unspecified atom stereocenters. The minimum Gasteiger partial charge on any atom is -0.468 e. The van der Waals surface area contributed by atoms with Crippen molar-refractivity contribution in [3.63, 3.8) is 0 Å². The van der Waals surface area contributed by atoms with Crippen molar-refractivity contribution in [3.05, 3.63) is 58.5 Å². The van der Waals surface area contributed by atoms with Gasteiger partial charge >= 0.3 is 0 Å². The molecule has 8 nitrogen and oxygen atoms in total. The first-order valence-corrected chi connectivity index (χ1v) is 8.90. The molecule has 1 aliphatic heterocycles. The predicted molar refractivity (Wildman–Crippen MR) is 93.1 cm³/mol. The maximum absolute atomic E-state index is 12.7. The fourth-order valence-electron chi connectivity index (χ4n) is 2.66. The largest absolute Gasteiger partial charge is 0.468 e. The van der Waals surface area contributed by atoms with Crippen LogP contribution in [-0.2, 0) is 16.6 Å². The Labute approximate surface area is 151 Å². The van der Waals surface area contributed by atoms with Crippen LogP contribution in [-0.4, -0.2) is 48.7 Å². The van der Waals surface area contributed by atoms with Gasteiger partial charge in [-0.25, -0.2) is 8.42 Å². The Morgan fingerprint density at radius 1 is 1.12 bits per heavy atom. The van der Waals surface area contributed by atoms with Crippen LogP contribution in [0.15, 0.2) is 52.0 Å². The summed E-state index contributed by atoms with van der Waals surface area (Å²) in [7, 11) is -3.72. The molecule has 1 aliphatic rings. The number of rotatable bonds is 5. The predicted octanol–water partition coefficient (Wildman–Crippen LogP) is 2.12. The summed E-state index contributed by atoms with van der Waals surface area (Å²) in [6.07, 6.45) is 1.61. The van der Waals surface area contributed by atoms with Gasteiger partial charge in [0.1, 0.15) is 5.76 Å². The molecular formula is C15H18ClN3O5S. The zero-order valence-electron chi connectivity index (χ0n) is 13.3. The van der Waals surface area contributed by atoms with Gasteiger partial charge in [-0.2, -0.15) is 4.31 Å². The average molecular weight is 388 g/mol. The third-order valence-corrected chi connectivity index (χ3v) is 5.85. The molecule has 2 aromatic rings. The molecule has 0 radical (unpaired) electrons. The highest BCUT2D eigenvalue weighted by Crippen LogP contribution is 2.22. The number of nitro benzene ring substituents is 1. The highest BCUT2D eigenvalue weighted by Gasteiger charge is 2.29. The highest BCUT2D eigenvalue weighted by molar-refractivity contribution is 7.89. The van der Waals surface area contributed by atoms with Crippen molar-refractivity contribution in [2.45, 2.75) is 11.4 Å². The van der Waals surface area contributed by atoms with E-state index in [-0.39, 0.29) is 23.0 Å². The smallest absolute Gasteiger partial charge is 0.270 e. The van der Waals surface area contributed by atoms with Crippen LogP contribution in [0.1, 0.15) is 5.76 Å². The fraction of sp³-hybridized carbons (Fsp3) is 0.333. The lowest BCUT2D eigenvalue weighted by Crippen LogP contribution is -2.48. The van der Waals surface area contributed by atoms with Gasteiger partial charge in [0.15, 0.2) is 0 Å². The highest BCUT2D eigenvalue weighted by atomic mass is 35.5. The van der Waals surface area contributed by atoms with E-state index in [0.29, 0.717) is 32.7 Å². The molecule has 0 N–H and O–H groups in total.